The number of nitrogens with zero attached hydrogens (tertiary/aromatic N) is 5. The van der Waals surface area contributed by atoms with Gasteiger partial charge in [0.2, 0.25) is 0 Å². The van der Waals surface area contributed by atoms with Crippen LogP contribution in [0, 0.1) is 6.92 Å². The van der Waals surface area contributed by atoms with Gasteiger partial charge in [0.1, 0.15) is 23.2 Å². The Kier molecular flexibility index (Phi) is 3.48. The first kappa shape index (κ1) is 15.1. The summed E-state index contributed by atoms with van der Waals surface area (Å²) in [6, 6.07) is 12.5. The van der Waals surface area contributed by atoms with E-state index in [-0.39, 0.29) is 0 Å². The van der Waals surface area contributed by atoms with Gasteiger partial charge in [-0.25, -0.2) is 15.0 Å². The first-order valence-corrected chi connectivity index (χ1v) is 8.93. The van der Waals surface area contributed by atoms with Gasteiger partial charge in [-0.1, -0.05) is 18.2 Å². The number of fused-ring (bicyclic) bond motifs is 3. The van der Waals surface area contributed by atoms with Crippen LogP contribution < -0.4 is 9.80 Å². The van der Waals surface area contributed by atoms with E-state index in [0.717, 1.165) is 59.8 Å². The highest BCUT2D eigenvalue weighted by Gasteiger charge is 2.22. The van der Waals surface area contributed by atoms with Crippen LogP contribution in [0.5, 0.6) is 0 Å². The number of aryl methyl sites for hydroxylation is 1. The molecule has 0 radical (unpaired) electrons. The van der Waals surface area contributed by atoms with Gasteiger partial charge in [0.05, 0.1) is 0 Å². The summed E-state index contributed by atoms with van der Waals surface area (Å²) < 4.78 is 0. The zero-order valence-electron chi connectivity index (χ0n) is 14.7. The predicted octanol–water partition coefficient (Wildman–Crippen LogP) is 3.14. The summed E-state index contributed by atoms with van der Waals surface area (Å²) in [5.41, 5.74) is 4.38. The number of nitrogens with one attached hydrogen (secondary N) is 1. The summed E-state index contributed by atoms with van der Waals surface area (Å²) >= 11 is 0. The van der Waals surface area contributed by atoms with Gasteiger partial charge in [0.15, 0.2) is 5.82 Å². The van der Waals surface area contributed by atoms with Crippen LogP contribution in [-0.4, -0.2) is 46.1 Å². The lowest BCUT2D eigenvalue weighted by Gasteiger charge is -2.36. The van der Waals surface area contributed by atoms with Crippen molar-refractivity contribution in [2.75, 3.05) is 36.0 Å². The fourth-order valence-electron chi connectivity index (χ4n) is 3.73. The van der Waals surface area contributed by atoms with E-state index in [4.69, 9.17) is 0 Å². The lowest BCUT2D eigenvalue weighted by molar-refractivity contribution is 0.643. The first-order chi connectivity index (χ1) is 12.8. The molecular formula is C20H20N6. The molecule has 0 bridgehead atoms. The number of piperazine rings is 1. The molecule has 5 rings (SSSR count). The minimum Gasteiger partial charge on any atom is -0.353 e. The SMILES string of the molecule is Cc1ccc2c(c1)[nH]c1c(N3CCN(c4ccccn4)CC3)ncnc12. The molecule has 1 aliphatic rings. The third-order valence-electron chi connectivity index (χ3n) is 5.07. The summed E-state index contributed by atoms with van der Waals surface area (Å²) in [6.07, 6.45) is 3.53. The summed E-state index contributed by atoms with van der Waals surface area (Å²) in [7, 11) is 0. The van der Waals surface area contributed by atoms with Gasteiger partial charge in [0, 0.05) is 43.3 Å². The van der Waals surface area contributed by atoms with Crippen LogP contribution in [0.2, 0.25) is 0 Å². The van der Waals surface area contributed by atoms with Gasteiger partial charge in [0.25, 0.3) is 0 Å². The molecule has 4 heterocycles. The molecule has 4 aromatic rings. The number of anilines is 2. The number of hydrogen-bond acceptors (Lipinski definition) is 5. The monoisotopic (exact) mass is 344 g/mol. The van der Waals surface area contributed by atoms with Crippen molar-refractivity contribution in [2.24, 2.45) is 0 Å². The highest BCUT2D eigenvalue weighted by atomic mass is 15.3. The Hall–Kier alpha value is -3.15. The second-order valence-electron chi connectivity index (χ2n) is 6.76. The summed E-state index contributed by atoms with van der Waals surface area (Å²) in [4.78, 5) is 21.8. The van der Waals surface area contributed by atoms with Gasteiger partial charge in [-0.05, 0) is 30.7 Å². The van der Waals surface area contributed by atoms with E-state index < -0.39 is 0 Å². The van der Waals surface area contributed by atoms with E-state index in [2.05, 4.69) is 60.9 Å². The second-order valence-corrected chi connectivity index (χ2v) is 6.76. The molecule has 3 aromatic heterocycles. The molecule has 6 nitrogen and oxygen atoms in total. The predicted molar refractivity (Wildman–Crippen MR) is 105 cm³/mol. The molecule has 0 atom stereocenters. The highest BCUT2D eigenvalue weighted by molar-refractivity contribution is 6.08. The molecule has 6 heteroatoms. The van der Waals surface area contributed by atoms with Crippen LogP contribution in [0.25, 0.3) is 21.9 Å². The number of aromatic nitrogens is 4. The number of rotatable bonds is 2. The highest BCUT2D eigenvalue weighted by Crippen LogP contribution is 2.30. The molecule has 1 aliphatic heterocycles. The molecule has 0 spiro atoms. The molecule has 1 fully saturated rings. The Bertz CT molecular complexity index is 1060. The lowest BCUT2D eigenvalue weighted by Crippen LogP contribution is -2.47. The molecular weight excluding hydrogens is 324 g/mol. The van der Waals surface area contributed by atoms with Crippen LogP contribution in [0.3, 0.4) is 0 Å². The van der Waals surface area contributed by atoms with Crippen molar-refractivity contribution in [3.05, 3.63) is 54.5 Å². The largest absolute Gasteiger partial charge is 0.353 e. The zero-order valence-corrected chi connectivity index (χ0v) is 14.7. The third kappa shape index (κ3) is 2.45. The van der Waals surface area contributed by atoms with Crippen LogP contribution in [0.1, 0.15) is 5.56 Å². The normalized spacial score (nSPS) is 15.1. The lowest BCUT2D eigenvalue weighted by atomic mass is 10.2. The van der Waals surface area contributed by atoms with Crippen molar-refractivity contribution in [1.82, 2.24) is 19.9 Å². The summed E-state index contributed by atoms with van der Waals surface area (Å²) in [5.74, 6) is 2.03. The Labute approximate surface area is 151 Å². The van der Waals surface area contributed by atoms with Crippen molar-refractivity contribution in [2.45, 2.75) is 6.92 Å². The number of benzene rings is 1. The first-order valence-electron chi connectivity index (χ1n) is 8.93. The Morgan fingerprint density at radius 1 is 0.923 bits per heavy atom. The second kappa shape index (κ2) is 5.98. The summed E-state index contributed by atoms with van der Waals surface area (Å²) in [5, 5.41) is 1.15. The average Bonchev–Trinajstić information content (AvgIpc) is 3.06. The number of hydrogen-bond donors (Lipinski definition) is 1. The van der Waals surface area contributed by atoms with Crippen molar-refractivity contribution < 1.29 is 0 Å². The van der Waals surface area contributed by atoms with Crippen molar-refractivity contribution in [3.63, 3.8) is 0 Å². The smallest absolute Gasteiger partial charge is 0.156 e. The molecule has 0 amide bonds. The maximum atomic E-state index is 4.60. The Balaban J connectivity index is 1.47. The van der Waals surface area contributed by atoms with E-state index in [0.29, 0.717) is 0 Å². The summed E-state index contributed by atoms with van der Waals surface area (Å²) in [6.45, 7) is 5.80. The van der Waals surface area contributed by atoms with Gasteiger partial charge >= 0.3 is 0 Å². The number of aromatic amines is 1. The maximum Gasteiger partial charge on any atom is 0.156 e. The van der Waals surface area contributed by atoms with E-state index >= 15 is 0 Å². The van der Waals surface area contributed by atoms with Gasteiger partial charge in [-0.2, -0.15) is 0 Å². The minimum atomic E-state index is 0.914. The van der Waals surface area contributed by atoms with Gasteiger partial charge < -0.3 is 14.8 Å². The van der Waals surface area contributed by atoms with Crippen LogP contribution in [0.15, 0.2) is 48.9 Å². The standard InChI is InChI=1S/C20H20N6/c1-14-5-6-15-16(12-14)24-19-18(15)22-13-23-20(19)26-10-8-25(9-11-26)17-4-2-3-7-21-17/h2-7,12-13,24H,8-11H2,1H3. The molecule has 0 saturated carbocycles. The fourth-order valence-corrected chi connectivity index (χ4v) is 3.73. The molecule has 1 saturated heterocycles. The van der Waals surface area contributed by atoms with Gasteiger partial charge in [-0.3, -0.25) is 0 Å². The maximum absolute atomic E-state index is 4.60. The van der Waals surface area contributed by atoms with Crippen LogP contribution in [-0.2, 0) is 0 Å². The molecule has 26 heavy (non-hydrogen) atoms. The number of pyridine rings is 1. The average molecular weight is 344 g/mol. The molecule has 1 aromatic carbocycles. The fraction of sp³-hybridized carbons (Fsp3) is 0.250. The molecule has 0 unspecified atom stereocenters. The topological polar surface area (TPSA) is 60.9 Å². The Morgan fingerprint density at radius 3 is 2.58 bits per heavy atom. The molecule has 0 aliphatic carbocycles. The van der Waals surface area contributed by atoms with Crippen LogP contribution >= 0.6 is 0 Å². The van der Waals surface area contributed by atoms with Crippen molar-refractivity contribution >= 4 is 33.6 Å². The van der Waals surface area contributed by atoms with E-state index in [1.165, 1.54) is 5.56 Å². The van der Waals surface area contributed by atoms with E-state index in [1.54, 1.807) is 6.33 Å². The third-order valence-corrected chi connectivity index (χ3v) is 5.07. The molecule has 1 N–H and O–H groups in total. The minimum absolute atomic E-state index is 0.914. The van der Waals surface area contributed by atoms with E-state index in [1.807, 2.05) is 18.3 Å². The van der Waals surface area contributed by atoms with Gasteiger partial charge in [-0.15, -0.1) is 0 Å². The van der Waals surface area contributed by atoms with E-state index in [9.17, 15) is 0 Å². The number of H-pyrrole nitrogens is 1. The zero-order chi connectivity index (χ0) is 17.5. The Morgan fingerprint density at radius 2 is 1.77 bits per heavy atom. The van der Waals surface area contributed by atoms with Crippen molar-refractivity contribution in [1.29, 1.82) is 0 Å². The van der Waals surface area contributed by atoms with Crippen LogP contribution in [0.4, 0.5) is 11.6 Å². The quantitative estimate of drug-likeness (QED) is 0.605. The molecule has 130 valence electrons. The van der Waals surface area contributed by atoms with Crippen molar-refractivity contribution in [3.8, 4) is 0 Å².